The summed E-state index contributed by atoms with van der Waals surface area (Å²) in [4.78, 5) is 33.9. The fourth-order valence-electron chi connectivity index (χ4n) is 12.0. The second-order valence-electron chi connectivity index (χ2n) is 18.7. The highest BCUT2D eigenvalue weighted by atomic mass is 28.3. The van der Waals surface area contributed by atoms with E-state index in [2.05, 4.69) is 69.4 Å². The topological polar surface area (TPSA) is 104 Å². The van der Waals surface area contributed by atoms with E-state index in [9.17, 15) is 9.90 Å². The average Bonchev–Trinajstić information content (AvgIpc) is 3.81. The van der Waals surface area contributed by atoms with Crippen LogP contribution in [0.4, 0.5) is 15.0 Å². The number of hydrogen-bond donors (Lipinski definition) is 1. The molecule has 4 fully saturated rings. The Balaban J connectivity index is 1.25. The number of carbonyl (C=O) groups is 1. The molecule has 5 aliphatic heterocycles. The Kier molecular flexibility index (Phi) is 9.94. The van der Waals surface area contributed by atoms with Crippen LogP contribution in [0.5, 0.6) is 11.9 Å². The zero-order valence-electron chi connectivity index (χ0n) is 35.5. The van der Waals surface area contributed by atoms with Crippen LogP contribution in [0, 0.1) is 17.3 Å². The highest BCUT2D eigenvalue weighted by Gasteiger charge is 2.54. The van der Waals surface area contributed by atoms with Gasteiger partial charge < -0.3 is 19.5 Å². The maximum absolute atomic E-state index is 17.9. The minimum atomic E-state index is -2.10. The van der Waals surface area contributed by atoms with Gasteiger partial charge in [0.25, 0.3) is 0 Å². The van der Waals surface area contributed by atoms with E-state index in [1.807, 2.05) is 43.3 Å². The van der Waals surface area contributed by atoms with Gasteiger partial charge in [0.15, 0.2) is 5.82 Å². The summed E-state index contributed by atoms with van der Waals surface area (Å²) >= 11 is 0. The first-order valence-corrected chi connectivity index (χ1v) is 24.0. The quantitative estimate of drug-likeness (QED) is 0.106. The molecule has 10 nitrogen and oxygen atoms in total. The molecule has 9 rings (SSSR count). The number of hydrogen-bond acceptors (Lipinski definition) is 8. The number of pyridine rings is 1. The highest BCUT2D eigenvalue weighted by molar-refractivity contribution is 6.90. The average molecular weight is 817 g/mol. The van der Waals surface area contributed by atoms with E-state index in [0.29, 0.717) is 59.4 Å². The van der Waals surface area contributed by atoms with Gasteiger partial charge >= 0.3 is 12.1 Å². The molecule has 5 atom stereocenters. The van der Waals surface area contributed by atoms with E-state index in [0.717, 1.165) is 55.1 Å². The highest BCUT2D eigenvalue weighted by Crippen LogP contribution is 2.48. The molecule has 2 aromatic carbocycles. The number of benzene rings is 2. The molecule has 4 aromatic rings. The number of anilines is 1. The second kappa shape index (κ2) is 14.8. The summed E-state index contributed by atoms with van der Waals surface area (Å²) in [6, 6.07) is 11.2. The number of aromatic nitrogens is 3. The van der Waals surface area contributed by atoms with Crippen molar-refractivity contribution in [2.45, 2.75) is 133 Å². The molecule has 310 valence electrons. The van der Waals surface area contributed by atoms with Crippen LogP contribution in [0.15, 0.2) is 48.6 Å². The third-order valence-electron chi connectivity index (χ3n) is 14.6. The van der Waals surface area contributed by atoms with Gasteiger partial charge in [-0.05, 0) is 73.1 Å². The molecule has 59 heavy (non-hydrogen) atoms. The van der Waals surface area contributed by atoms with Gasteiger partial charge in [-0.3, -0.25) is 9.80 Å². The Labute approximate surface area is 348 Å². The van der Waals surface area contributed by atoms with E-state index in [4.69, 9.17) is 24.4 Å². The number of nitrogens with zero attached hydrogens (tertiary/aromatic N) is 6. The lowest BCUT2D eigenvalue weighted by molar-refractivity contribution is 0.0636. The van der Waals surface area contributed by atoms with Crippen LogP contribution in [0.25, 0.3) is 32.9 Å². The van der Waals surface area contributed by atoms with Crippen molar-refractivity contribution in [2.75, 3.05) is 31.1 Å². The van der Waals surface area contributed by atoms with E-state index >= 15 is 4.39 Å². The molecule has 4 saturated heterocycles. The summed E-state index contributed by atoms with van der Waals surface area (Å²) in [5.41, 5.74) is 7.90. The van der Waals surface area contributed by atoms with Crippen molar-refractivity contribution >= 4 is 41.7 Å². The fourth-order valence-corrected chi connectivity index (χ4v) is 17.2. The SMILES string of the molecule is C=C1CN2CCCC2(COc2nc3c4c(nc(-c5cccc6cccc(C#C[Si](C(C)C)(C(C)C)C(C)C)c56)c(F)c4n2)OC(CC)C2C4CCC(CN32)N4C(=O)O)C1. The molecule has 1 N–H and O–H groups in total. The van der Waals surface area contributed by atoms with Crippen LogP contribution in [0.3, 0.4) is 0 Å². The largest absolute Gasteiger partial charge is 0.471 e. The van der Waals surface area contributed by atoms with E-state index in [1.165, 1.54) is 5.57 Å². The van der Waals surface area contributed by atoms with Crippen molar-refractivity contribution in [3.63, 3.8) is 0 Å². The van der Waals surface area contributed by atoms with E-state index < -0.39 is 26.1 Å². The first kappa shape index (κ1) is 39.7. The molecule has 0 saturated carbocycles. The lowest BCUT2D eigenvalue weighted by Crippen LogP contribution is -2.65. The molecule has 5 aliphatic rings. The standard InChI is InChI=1S/C47H57FN6O4Si/c1-9-36-42-35-18-17-33(54(35)46(55)56)25-53(42)43-38-41(50-45(51-43)57-26-47-20-12-21-52(47)24-30(8)23-47)39(48)40(49-44(38)58-36)34-16-11-15-31-13-10-14-32(37(31)34)19-22-59(27(2)3,28(4)5)29(6)7/h10-11,13-16,27-29,33,35-36,42H,8-9,12,17-18,20-21,23-26H2,1-7H3,(H,55,56). The van der Waals surface area contributed by atoms with Crippen molar-refractivity contribution in [1.29, 1.82) is 0 Å². The maximum atomic E-state index is 17.9. The van der Waals surface area contributed by atoms with E-state index in [-0.39, 0.29) is 46.8 Å². The van der Waals surface area contributed by atoms with Gasteiger partial charge in [0.05, 0.1) is 23.7 Å². The van der Waals surface area contributed by atoms with Gasteiger partial charge in [-0.25, -0.2) is 14.2 Å². The summed E-state index contributed by atoms with van der Waals surface area (Å²) in [6.07, 6.45) is 3.55. The maximum Gasteiger partial charge on any atom is 0.407 e. The van der Waals surface area contributed by atoms with E-state index in [1.54, 1.807) is 4.90 Å². The van der Waals surface area contributed by atoms with Gasteiger partial charge in [0.1, 0.15) is 43.2 Å². The monoisotopic (exact) mass is 816 g/mol. The van der Waals surface area contributed by atoms with Crippen molar-refractivity contribution in [2.24, 2.45) is 0 Å². The third kappa shape index (κ3) is 6.20. The van der Waals surface area contributed by atoms with Crippen LogP contribution < -0.4 is 14.4 Å². The first-order valence-electron chi connectivity index (χ1n) is 21.7. The zero-order chi connectivity index (χ0) is 41.5. The number of halogens is 1. The second-order valence-corrected chi connectivity index (χ2v) is 24.2. The van der Waals surface area contributed by atoms with Crippen LogP contribution in [-0.2, 0) is 0 Å². The number of ether oxygens (including phenoxy) is 2. The number of fused-ring (bicyclic) bond motifs is 7. The normalized spacial score (nSPS) is 25.1. The smallest absolute Gasteiger partial charge is 0.407 e. The van der Waals surface area contributed by atoms with Gasteiger partial charge in [-0.1, -0.05) is 96.9 Å². The fraction of sp³-hybridized carbons (Fsp3) is 0.532. The molecular formula is C47H57FN6O4Si. The summed E-state index contributed by atoms with van der Waals surface area (Å²) < 4.78 is 31.4. The molecule has 0 spiro atoms. The number of piperazine rings is 1. The Morgan fingerprint density at radius 3 is 2.53 bits per heavy atom. The molecule has 2 bridgehead atoms. The predicted molar refractivity (Wildman–Crippen MR) is 233 cm³/mol. The summed E-state index contributed by atoms with van der Waals surface area (Å²) in [5.74, 6) is 3.81. The predicted octanol–water partition coefficient (Wildman–Crippen LogP) is 9.60. The van der Waals surface area contributed by atoms with Crippen LogP contribution in [0.1, 0.15) is 92.6 Å². The summed E-state index contributed by atoms with van der Waals surface area (Å²) in [5, 5.41) is 12.5. The molecule has 1 amide bonds. The molecule has 5 unspecified atom stereocenters. The van der Waals surface area contributed by atoms with Crippen LogP contribution >= 0.6 is 0 Å². The number of rotatable bonds is 8. The van der Waals surface area contributed by atoms with Gasteiger partial charge in [0.2, 0.25) is 5.88 Å². The van der Waals surface area contributed by atoms with Crippen molar-refractivity contribution in [1.82, 2.24) is 24.8 Å². The lowest BCUT2D eigenvalue weighted by atomic mass is 9.94. The Morgan fingerprint density at radius 2 is 1.81 bits per heavy atom. The Hall–Kier alpha value is -4.73. The molecule has 0 aliphatic carbocycles. The Morgan fingerprint density at radius 1 is 1.07 bits per heavy atom. The number of carboxylic acid groups (broad SMARTS) is 1. The Bertz CT molecular complexity index is 2400. The summed E-state index contributed by atoms with van der Waals surface area (Å²) in [7, 11) is -2.10. The molecule has 2 aromatic heterocycles. The molecule has 12 heteroatoms. The van der Waals surface area contributed by atoms with Crippen LogP contribution in [0.2, 0.25) is 16.6 Å². The third-order valence-corrected chi connectivity index (χ3v) is 20.9. The van der Waals surface area contributed by atoms with Crippen molar-refractivity contribution < 1.29 is 23.8 Å². The molecule has 7 heterocycles. The van der Waals surface area contributed by atoms with Crippen LogP contribution in [-0.4, -0.2) is 100 Å². The van der Waals surface area contributed by atoms with Crippen molar-refractivity contribution in [3.05, 3.63) is 59.9 Å². The first-order chi connectivity index (χ1) is 28.3. The van der Waals surface area contributed by atoms with Gasteiger partial charge in [-0.2, -0.15) is 9.97 Å². The number of amides is 1. The molecule has 0 radical (unpaired) electrons. The lowest BCUT2D eigenvalue weighted by Gasteiger charge is -2.47. The summed E-state index contributed by atoms with van der Waals surface area (Å²) in [6.45, 7) is 22.8. The van der Waals surface area contributed by atoms with Gasteiger partial charge in [0, 0.05) is 29.6 Å². The van der Waals surface area contributed by atoms with Gasteiger partial charge in [-0.15, -0.1) is 5.54 Å². The zero-order valence-corrected chi connectivity index (χ0v) is 36.5. The minimum Gasteiger partial charge on any atom is -0.471 e. The minimum absolute atomic E-state index is 0.0801. The molecular weight excluding hydrogens is 760 g/mol. The van der Waals surface area contributed by atoms with Crippen molar-refractivity contribution in [3.8, 4) is 34.6 Å².